The largest absolute Gasteiger partial charge is 0.463 e. The van der Waals surface area contributed by atoms with Gasteiger partial charge in [0.2, 0.25) is 11.9 Å². The predicted octanol–water partition coefficient (Wildman–Crippen LogP) is 1.40. The number of nitrogen functional groups attached to an aromatic ring is 1. The Labute approximate surface area is 108 Å². The summed E-state index contributed by atoms with van der Waals surface area (Å²) >= 11 is 0. The molecule has 102 valence electrons. The van der Waals surface area contributed by atoms with Crippen LogP contribution in [0.3, 0.4) is 0 Å². The fourth-order valence-corrected chi connectivity index (χ4v) is 1.10. The van der Waals surface area contributed by atoms with Crippen LogP contribution in [0, 0.1) is 5.41 Å². The summed E-state index contributed by atoms with van der Waals surface area (Å²) in [6.07, 6.45) is 0.891. The van der Waals surface area contributed by atoms with Gasteiger partial charge in [-0.05, 0) is 11.8 Å². The van der Waals surface area contributed by atoms with Crippen LogP contribution in [0.1, 0.15) is 34.1 Å². The maximum Gasteiger partial charge on any atom is 0.323 e. The fraction of sp³-hybridized carbons (Fsp3) is 0.727. The van der Waals surface area contributed by atoms with E-state index >= 15 is 0 Å². The van der Waals surface area contributed by atoms with E-state index < -0.39 is 0 Å². The highest BCUT2D eigenvalue weighted by atomic mass is 16.5. The first kappa shape index (κ1) is 14.4. The van der Waals surface area contributed by atoms with E-state index in [0.29, 0.717) is 12.6 Å². The van der Waals surface area contributed by atoms with Crippen LogP contribution in [0.25, 0.3) is 0 Å². The molecule has 0 saturated carbocycles. The zero-order valence-electron chi connectivity index (χ0n) is 11.4. The summed E-state index contributed by atoms with van der Waals surface area (Å²) in [5, 5.41) is 3.14. The molecular formula is C11H22N6O. The van der Waals surface area contributed by atoms with Crippen molar-refractivity contribution in [1.82, 2.24) is 15.0 Å². The van der Waals surface area contributed by atoms with Crippen molar-refractivity contribution in [3.05, 3.63) is 0 Å². The van der Waals surface area contributed by atoms with E-state index in [2.05, 4.69) is 46.5 Å². The van der Waals surface area contributed by atoms with Gasteiger partial charge in [0.15, 0.2) is 0 Å². The molecule has 7 heteroatoms. The molecule has 0 spiro atoms. The maximum absolute atomic E-state index is 5.37. The van der Waals surface area contributed by atoms with Gasteiger partial charge in [0.05, 0.1) is 6.61 Å². The zero-order valence-corrected chi connectivity index (χ0v) is 11.4. The molecular weight excluding hydrogens is 232 g/mol. The molecule has 0 bridgehead atoms. The Balaban J connectivity index is 2.76. The molecule has 0 aliphatic heterocycles. The lowest BCUT2D eigenvalue weighted by Crippen LogP contribution is -2.21. The van der Waals surface area contributed by atoms with Crippen molar-refractivity contribution in [2.24, 2.45) is 11.3 Å². The minimum absolute atomic E-state index is 0.132. The van der Waals surface area contributed by atoms with Crippen LogP contribution in [0.2, 0.25) is 0 Å². The first-order valence-electron chi connectivity index (χ1n) is 6.04. The molecule has 0 saturated heterocycles. The number of hydrogen-bond acceptors (Lipinski definition) is 7. The Morgan fingerprint density at radius 1 is 1.17 bits per heavy atom. The second-order valence-electron chi connectivity index (χ2n) is 5.17. The summed E-state index contributed by atoms with van der Waals surface area (Å²) in [6, 6.07) is 0.274. The average Bonchev–Trinajstić information content (AvgIpc) is 2.32. The zero-order chi connectivity index (χ0) is 13.6. The van der Waals surface area contributed by atoms with Gasteiger partial charge in [0.1, 0.15) is 0 Å². The lowest BCUT2D eigenvalue weighted by molar-refractivity contribution is 0.292. The summed E-state index contributed by atoms with van der Waals surface area (Å²) in [6.45, 7) is 9.69. The minimum atomic E-state index is 0.132. The van der Waals surface area contributed by atoms with Crippen molar-refractivity contribution in [2.75, 3.05) is 23.9 Å². The minimum Gasteiger partial charge on any atom is -0.463 e. The smallest absolute Gasteiger partial charge is 0.323 e. The van der Waals surface area contributed by atoms with Gasteiger partial charge in [0, 0.05) is 6.54 Å². The monoisotopic (exact) mass is 254 g/mol. The second kappa shape index (κ2) is 6.34. The first-order valence-corrected chi connectivity index (χ1v) is 6.04. The van der Waals surface area contributed by atoms with Gasteiger partial charge < -0.3 is 10.1 Å². The average molecular weight is 254 g/mol. The molecule has 0 aliphatic rings. The van der Waals surface area contributed by atoms with Gasteiger partial charge in [0.25, 0.3) is 0 Å². The molecule has 1 rings (SSSR count). The molecule has 1 aromatic rings. The van der Waals surface area contributed by atoms with E-state index in [-0.39, 0.29) is 17.4 Å². The van der Waals surface area contributed by atoms with Gasteiger partial charge in [-0.25, -0.2) is 5.84 Å². The Hall–Kier alpha value is -1.63. The number of ether oxygens (including phenoxy) is 1. The number of rotatable bonds is 6. The van der Waals surface area contributed by atoms with Crippen LogP contribution in [0.4, 0.5) is 11.9 Å². The molecule has 0 fully saturated rings. The van der Waals surface area contributed by atoms with E-state index in [1.165, 1.54) is 0 Å². The van der Waals surface area contributed by atoms with Gasteiger partial charge in [-0.2, -0.15) is 15.0 Å². The lowest BCUT2D eigenvalue weighted by atomic mass is 9.97. The van der Waals surface area contributed by atoms with E-state index in [0.717, 1.165) is 13.0 Å². The first-order chi connectivity index (χ1) is 8.44. The third kappa shape index (κ3) is 5.13. The predicted molar refractivity (Wildman–Crippen MR) is 71.4 cm³/mol. The molecule has 18 heavy (non-hydrogen) atoms. The third-order valence-electron chi connectivity index (χ3n) is 1.96. The normalized spacial score (nSPS) is 11.2. The molecule has 7 nitrogen and oxygen atoms in total. The highest BCUT2D eigenvalue weighted by Crippen LogP contribution is 2.15. The summed E-state index contributed by atoms with van der Waals surface area (Å²) in [4.78, 5) is 12.3. The molecule has 1 aromatic heterocycles. The van der Waals surface area contributed by atoms with Crippen molar-refractivity contribution in [3.63, 3.8) is 0 Å². The molecule has 4 N–H and O–H groups in total. The fourth-order valence-electron chi connectivity index (χ4n) is 1.10. The number of anilines is 2. The number of nitrogens with one attached hydrogen (secondary N) is 2. The van der Waals surface area contributed by atoms with Gasteiger partial charge in [-0.1, -0.05) is 27.7 Å². The van der Waals surface area contributed by atoms with Gasteiger partial charge >= 0.3 is 6.01 Å². The van der Waals surface area contributed by atoms with Crippen LogP contribution >= 0.6 is 0 Å². The van der Waals surface area contributed by atoms with E-state index in [1.807, 2.05) is 6.92 Å². The Bertz CT molecular complexity index is 376. The molecule has 0 atom stereocenters. The van der Waals surface area contributed by atoms with Crippen molar-refractivity contribution < 1.29 is 4.74 Å². The van der Waals surface area contributed by atoms with Crippen molar-refractivity contribution in [3.8, 4) is 6.01 Å². The van der Waals surface area contributed by atoms with Crippen molar-refractivity contribution >= 4 is 11.9 Å². The molecule has 0 aliphatic carbocycles. The number of hydrazine groups is 1. The van der Waals surface area contributed by atoms with Crippen LogP contribution in [-0.4, -0.2) is 28.1 Å². The van der Waals surface area contributed by atoms with Crippen LogP contribution < -0.4 is 21.3 Å². The van der Waals surface area contributed by atoms with Crippen molar-refractivity contribution in [1.29, 1.82) is 0 Å². The standard InChI is InChI=1S/C11H22N6O/c1-5-6-18-10-15-8(13-7-11(2,3)4)14-9(16-10)17-12/h5-7,12H2,1-4H3,(H2,13,14,15,16,17). The second-order valence-corrected chi connectivity index (χ2v) is 5.17. The van der Waals surface area contributed by atoms with Crippen LogP contribution in [-0.2, 0) is 0 Å². The molecule has 1 heterocycles. The van der Waals surface area contributed by atoms with Crippen molar-refractivity contribution in [2.45, 2.75) is 34.1 Å². The summed E-state index contributed by atoms with van der Waals surface area (Å²) in [5.41, 5.74) is 2.53. The summed E-state index contributed by atoms with van der Waals surface area (Å²) in [5.74, 6) is 6.05. The van der Waals surface area contributed by atoms with Gasteiger partial charge in [-0.3, -0.25) is 5.43 Å². The number of hydrogen-bond donors (Lipinski definition) is 3. The molecule has 0 unspecified atom stereocenters. The Morgan fingerprint density at radius 3 is 2.39 bits per heavy atom. The quantitative estimate of drug-likeness (QED) is 0.521. The SMILES string of the molecule is CCCOc1nc(NN)nc(NCC(C)(C)C)n1. The lowest BCUT2D eigenvalue weighted by Gasteiger charge is -2.18. The topological polar surface area (TPSA) is 98.0 Å². The van der Waals surface area contributed by atoms with E-state index in [4.69, 9.17) is 10.6 Å². The number of nitrogens with zero attached hydrogens (tertiary/aromatic N) is 3. The van der Waals surface area contributed by atoms with Crippen LogP contribution in [0.15, 0.2) is 0 Å². The van der Waals surface area contributed by atoms with Gasteiger partial charge in [-0.15, -0.1) is 0 Å². The Kier molecular flexibility index (Phi) is 5.08. The maximum atomic E-state index is 5.37. The summed E-state index contributed by atoms with van der Waals surface area (Å²) < 4.78 is 5.37. The summed E-state index contributed by atoms with van der Waals surface area (Å²) in [7, 11) is 0. The van der Waals surface area contributed by atoms with E-state index in [1.54, 1.807) is 0 Å². The molecule has 0 radical (unpaired) electrons. The van der Waals surface area contributed by atoms with E-state index in [9.17, 15) is 0 Å². The molecule has 0 amide bonds. The highest BCUT2D eigenvalue weighted by Gasteiger charge is 2.12. The Morgan fingerprint density at radius 2 is 1.83 bits per heavy atom. The highest BCUT2D eigenvalue weighted by molar-refractivity contribution is 5.35. The van der Waals surface area contributed by atoms with Crippen LogP contribution in [0.5, 0.6) is 6.01 Å². The molecule has 0 aromatic carbocycles. The number of nitrogens with two attached hydrogens (primary N) is 1. The third-order valence-corrected chi connectivity index (χ3v) is 1.96. The number of aromatic nitrogens is 3.